The highest BCUT2D eigenvalue weighted by molar-refractivity contribution is 9.10. The summed E-state index contributed by atoms with van der Waals surface area (Å²) >= 11 is 10.8. The first-order chi connectivity index (χ1) is 6.77. The first kappa shape index (κ1) is 11.0. The Morgan fingerprint density at radius 3 is 2.93 bits per heavy atom. The van der Waals surface area contributed by atoms with E-state index in [4.69, 9.17) is 0 Å². The van der Waals surface area contributed by atoms with E-state index in [1.807, 2.05) is 11.3 Å². The van der Waals surface area contributed by atoms with E-state index in [1.54, 1.807) is 11.8 Å². The van der Waals surface area contributed by atoms with E-state index >= 15 is 0 Å². The van der Waals surface area contributed by atoms with Crippen LogP contribution in [0.5, 0.6) is 0 Å². The Hall–Kier alpha value is 0.490. The number of benzene rings is 1. The highest BCUT2D eigenvalue weighted by Crippen LogP contribution is 2.38. The summed E-state index contributed by atoms with van der Waals surface area (Å²) in [4.78, 5) is 1.34. The molecular formula is C10H8Br2S2. The second-order valence-electron chi connectivity index (χ2n) is 2.84. The zero-order valence-corrected chi connectivity index (χ0v) is 12.3. The fourth-order valence-corrected chi connectivity index (χ4v) is 5.04. The van der Waals surface area contributed by atoms with Gasteiger partial charge in [-0.25, -0.2) is 0 Å². The third-order valence-electron chi connectivity index (χ3n) is 2.08. The lowest BCUT2D eigenvalue weighted by molar-refractivity contribution is 1.31. The van der Waals surface area contributed by atoms with Gasteiger partial charge >= 0.3 is 0 Å². The standard InChI is InChI=1S/C10H8Br2S2/c1-13-10-7(5-11)9-6(2-3-14-9)4-8(10)12/h2-4H,5H2,1H3. The van der Waals surface area contributed by atoms with Crippen molar-refractivity contribution < 1.29 is 0 Å². The highest BCUT2D eigenvalue weighted by atomic mass is 79.9. The molecule has 0 bridgehead atoms. The van der Waals surface area contributed by atoms with E-state index in [1.165, 1.54) is 25.0 Å². The molecule has 0 nitrogen and oxygen atoms in total. The van der Waals surface area contributed by atoms with Crippen LogP contribution >= 0.6 is 55.0 Å². The summed E-state index contributed by atoms with van der Waals surface area (Å²) in [6.07, 6.45) is 2.12. The Morgan fingerprint density at radius 2 is 2.29 bits per heavy atom. The quantitative estimate of drug-likeness (QED) is 0.523. The molecule has 0 aliphatic rings. The van der Waals surface area contributed by atoms with Crippen LogP contribution in [0.4, 0.5) is 0 Å². The molecule has 0 saturated carbocycles. The van der Waals surface area contributed by atoms with Crippen LogP contribution in [0.2, 0.25) is 0 Å². The summed E-state index contributed by atoms with van der Waals surface area (Å²) in [5.74, 6) is 0. The van der Waals surface area contributed by atoms with E-state index in [2.05, 4.69) is 55.6 Å². The summed E-state index contributed by atoms with van der Waals surface area (Å²) in [5.41, 5.74) is 1.40. The smallest absolute Gasteiger partial charge is 0.0395 e. The molecule has 1 aromatic heterocycles. The Labute approximate surface area is 108 Å². The maximum absolute atomic E-state index is 3.62. The van der Waals surface area contributed by atoms with Gasteiger partial charge in [-0.15, -0.1) is 23.1 Å². The molecule has 2 aromatic rings. The first-order valence-electron chi connectivity index (χ1n) is 4.06. The van der Waals surface area contributed by atoms with E-state index in [0.29, 0.717) is 0 Å². The molecule has 14 heavy (non-hydrogen) atoms. The van der Waals surface area contributed by atoms with Crippen LogP contribution in [0, 0.1) is 0 Å². The SMILES string of the molecule is CSc1c(Br)cc2ccsc2c1CBr. The van der Waals surface area contributed by atoms with Crippen molar-refractivity contribution in [3.63, 3.8) is 0 Å². The lowest BCUT2D eigenvalue weighted by Crippen LogP contribution is -1.85. The van der Waals surface area contributed by atoms with Gasteiger partial charge in [0.15, 0.2) is 0 Å². The van der Waals surface area contributed by atoms with Gasteiger partial charge in [-0.1, -0.05) is 15.9 Å². The van der Waals surface area contributed by atoms with Gasteiger partial charge in [-0.2, -0.15) is 0 Å². The average Bonchev–Trinajstić information content (AvgIpc) is 2.62. The molecule has 0 amide bonds. The van der Waals surface area contributed by atoms with Crippen LogP contribution in [0.1, 0.15) is 5.56 Å². The number of thioether (sulfide) groups is 1. The molecule has 0 aliphatic heterocycles. The zero-order valence-electron chi connectivity index (χ0n) is 7.51. The molecule has 0 fully saturated rings. The van der Waals surface area contributed by atoms with Crippen LogP contribution in [-0.2, 0) is 5.33 Å². The topological polar surface area (TPSA) is 0 Å². The van der Waals surface area contributed by atoms with Crippen LogP contribution in [-0.4, -0.2) is 6.26 Å². The second-order valence-corrected chi connectivity index (χ2v) is 5.99. The van der Waals surface area contributed by atoms with Crippen molar-refractivity contribution in [1.82, 2.24) is 0 Å². The molecule has 2 rings (SSSR count). The van der Waals surface area contributed by atoms with E-state index in [-0.39, 0.29) is 0 Å². The lowest BCUT2D eigenvalue weighted by atomic mass is 10.2. The number of halogens is 2. The van der Waals surface area contributed by atoms with Crippen LogP contribution in [0.25, 0.3) is 10.1 Å². The van der Waals surface area contributed by atoms with Gasteiger partial charge in [0.05, 0.1) is 0 Å². The van der Waals surface area contributed by atoms with Crippen molar-refractivity contribution >= 4 is 65.0 Å². The largest absolute Gasteiger partial charge is 0.143 e. The second kappa shape index (κ2) is 4.56. The van der Waals surface area contributed by atoms with Crippen LogP contribution < -0.4 is 0 Å². The summed E-state index contributed by atoms with van der Waals surface area (Å²) in [7, 11) is 0. The number of alkyl halides is 1. The predicted molar refractivity (Wildman–Crippen MR) is 73.9 cm³/mol. The van der Waals surface area contributed by atoms with E-state index in [9.17, 15) is 0 Å². The minimum Gasteiger partial charge on any atom is -0.143 e. The molecule has 0 N–H and O–H groups in total. The molecule has 4 heteroatoms. The van der Waals surface area contributed by atoms with Gasteiger partial charge in [0.2, 0.25) is 0 Å². The average molecular weight is 352 g/mol. The minimum atomic E-state index is 0.916. The fourth-order valence-electron chi connectivity index (χ4n) is 1.47. The zero-order chi connectivity index (χ0) is 10.1. The van der Waals surface area contributed by atoms with Gasteiger partial charge in [-0.05, 0) is 50.6 Å². The number of hydrogen-bond acceptors (Lipinski definition) is 2. The van der Waals surface area contributed by atoms with Gasteiger partial charge in [0.25, 0.3) is 0 Å². The van der Waals surface area contributed by atoms with Crippen molar-refractivity contribution in [2.24, 2.45) is 0 Å². The lowest BCUT2D eigenvalue weighted by Gasteiger charge is -2.08. The van der Waals surface area contributed by atoms with Gasteiger partial charge in [-0.3, -0.25) is 0 Å². The van der Waals surface area contributed by atoms with Gasteiger partial charge < -0.3 is 0 Å². The van der Waals surface area contributed by atoms with E-state index in [0.717, 1.165) is 5.33 Å². The number of fused-ring (bicyclic) bond motifs is 1. The maximum Gasteiger partial charge on any atom is 0.0395 e. The molecule has 74 valence electrons. The third kappa shape index (κ3) is 1.77. The molecule has 0 unspecified atom stereocenters. The van der Waals surface area contributed by atoms with Crippen molar-refractivity contribution in [3.05, 3.63) is 27.5 Å². The Morgan fingerprint density at radius 1 is 1.50 bits per heavy atom. The molecular weight excluding hydrogens is 344 g/mol. The third-order valence-corrected chi connectivity index (χ3v) is 5.39. The molecule has 0 spiro atoms. The fraction of sp³-hybridized carbons (Fsp3) is 0.200. The van der Waals surface area contributed by atoms with Crippen LogP contribution in [0.15, 0.2) is 26.9 Å². The molecule has 0 radical (unpaired) electrons. The molecule has 0 atom stereocenters. The Bertz CT molecular complexity index is 462. The highest BCUT2D eigenvalue weighted by Gasteiger charge is 2.11. The van der Waals surface area contributed by atoms with Crippen molar-refractivity contribution in [2.45, 2.75) is 10.2 Å². The molecule has 1 heterocycles. The maximum atomic E-state index is 3.62. The summed E-state index contributed by atoms with van der Waals surface area (Å²) < 4.78 is 2.60. The molecule has 0 aliphatic carbocycles. The van der Waals surface area contributed by atoms with Gasteiger partial charge in [0.1, 0.15) is 0 Å². The normalized spacial score (nSPS) is 11.1. The molecule has 0 saturated heterocycles. The summed E-state index contributed by atoms with van der Waals surface area (Å²) in [6.45, 7) is 0. The first-order valence-corrected chi connectivity index (χ1v) is 8.08. The van der Waals surface area contributed by atoms with Crippen LogP contribution in [0.3, 0.4) is 0 Å². The summed E-state index contributed by atoms with van der Waals surface area (Å²) in [6, 6.07) is 4.37. The Balaban J connectivity index is 2.82. The monoisotopic (exact) mass is 350 g/mol. The molecule has 1 aromatic carbocycles. The minimum absolute atomic E-state index is 0.916. The number of rotatable bonds is 2. The number of hydrogen-bond donors (Lipinski definition) is 0. The number of thiophene rings is 1. The van der Waals surface area contributed by atoms with Gasteiger partial charge in [0, 0.05) is 19.4 Å². The van der Waals surface area contributed by atoms with Crippen molar-refractivity contribution in [2.75, 3.05) is 6.26 Å². The van der Waals surface area contributed by atoms with Crippen molar-refractivity contribution in [1.29, 1.82) is 0 Å². The summed E-state index contributed by atoms with van der Waals surface area (Å²) in [5, 5.41) is 4.39. The van der Waals surface area contributed by atoms with Crippen molar-refractivity contribution in [3.8, 4) is 0 Å². The van der Waals surface area contributed by atoms with E-state index < -0.39 is 0 Å². The Kier molecular flexibility index (Phi) is 3.58. The predicted octanol–water partition coefficient (Wildman–Crippen LogP) is 5.28.